The molecule has 0 aromatic carbocycles. The van der Waals surface area contributed by atoms with Crippen molar-refractivity contribution in [2.45, 2.75) is 51.9 Å². The molecule has 0 aliphatic rings. The molecular formula is C11H25NO. The van der Waals surface area contributed by atoms with Crippen molar-refractivity contribution in [3.63, 3.8) is 0 Å². The molecule has 0 spiro atoms. The largest absolute Gasteiger partial charge is 0.396 e. The summed E-state index contributed by atoms with van der Waals surface area (Å²) in [7, 11) is 0. The van der Waals surface area contributed by atoms with Crippen LogP contribution in [0.15, 0.2) is 0 Å². The Balaban J connectivity index is 2.76. The molecule has 0 amide bonds. The molecule has 13 heavy (non-hydrogen) atoms. The fourth-order valence-electron chi connectivity index (χ4n) is 1.34. The fourth-order valence-corrected chi connectivity index (χ4v) is 1.34. The second-order valence-electron chi connectivity index (χ2n) is 3.59. The zero-order valence-electron chi connectivity index (χ0n) is 9.02. The number of nitrogens with one attached hydrogen (secondary N) is 1. The normalized spacial score (nSPS) is 10.6. The zero-order valence-corrected chi connectivity index (χ0v) is 9.02. The van der Waals surface area contributed by atoms with Gasteiger partial charge in [-0.15, -0.1) is 0 Å². The lowest BCUT2D eigenvalue weighted by molar-refractivity contribution is 0.283. The molecule has 0 unspecified atom stereocenters. The lowest BCUT2D eigenvalue weighted by Crippen LogP contribution is -2.16. The van der Waals surface area contributed by atoms with E-state index >= 15 is 0 Å². The summed E-state index contributed by atoms with van der Waals surface area (Å²) in [5.74, 6) is 0. The van der Waals surface area contributed by atoms with Crippen LogP contribution in [-0.2, 0) is 0 Å². The molecule has 0 rings (SSSR count). The molecular weight excluding hydrogens is 162 g/mol. The quantitative estimate of drug-likeness (QED) is 0.514. The van der Waals surface area contributed by atoms with E-state index < -0.39 is 0 Å². The van der Waals surface area contributed by atoms with Crippen molar-refractivity contribution in [1.82, 2.24) is 5.32 Å². The van der Waals surface area contributed by atoms with E-state index in [-0.39, 0.29) is 0 Å². The third kappa shape index (κ3) is 11.9. The Morgan fingerprint density at radius 2 is 1.46 bits per heavy atom. The minimum atomic E-state index is 0.344. The van der Waals surface area contributed by atoms with E-state index in [9.17, 15) is 0 Å². The molecule has 0 fully saturated rings. The molecule has 80 valence electrons. The van der Waals surface area contributed by atoms with Crippen LogP contribution < -0.4 is 5.32 Å². The highest BCUT2D eigenvalue weighted by Gasteiger charge is 1.89. The van der Waals surface area contributed by atoms with Crippen LogP contribution in [0.2, 0.25) is 0 Å². The van der Waals surface area contributed by atoms with E-state index in [1.165, 1.54) is 38.6 Å². The fraction of sp³-hybridized carbons (Fsp3) is 1.00. The summed E-state index contributed by atoms with van der Waals surface area (Å²) in [5.41, 5.74) is 0. The first-order chi connectivity index (χ1) is 6.41. The van der Waals surface area contributed by atoms with Gasteiger partial charge in [0, 0.05) is 6.61 Å². The van der Waals surface area contributed by atoms with Gasteiger partial charge in [0.25, 0.3) is 0 Å². The van der Waals surface area contributed by atoms with Crippen LogP contribution in [0.5, 0.6) is 0 Å². The summed E-state index contributed by atoms with van der Waals surface area (Å²) in [6.07, 6.45) is 8.67. The van der Waals surface area contributed by atoms with Gasteiger partial charge in [0.15, 0.2) is 0 Å². The van der Waals surface area contributed by atoms with Gasteiger partial charge < -0.3 is 10.4 Å². The lowest BCUT2D eigenvalue weighted by Gasteiger charge is -2.03. The molecule has 2 heteroatoms. The first-order valence-electron chi connectivity index (χ1n) is 5.73. The van der Waals surface area contributed by atoms with Gasteiger partial charge in [0.2, 0.25) is 0 Å². The first kappa shape index (κ1) is 12.9. The standard InChI is InChI=1S/C11H25NO/c1-2-3-4-6-9-12-10-7-5-8-11-13/h12-13H,2-11H2,1H3. The molecule has 2 nitrogen and oxygen atoms in total. The van der Waals surface area contributed by atoms with Crippen LogP contribution in [0.3, 0.4) is 0 Å². The molecule has 0 aliphatic carbocycles. The van der Waals surface area contributed by atoms with Crippen LogP contribution in [-0.4, -0.2) is 24.8 Å². The Hall–Kier alpha value is -0.0800. The lowest BCUT2D eigenvalue weighted by atomic mass is 10.2. The molecule has 0 atom stereocenters. The highest BCUT2D eigenvalue weighted by molar-refractivity contribution is 4.49. The summed E-state index contributed by atoms with van der Waals surface area (Å²) in [6, 6.07) is 0. The number of rotatable bonds is 10. The van der Waals surface area contributed by atoms with Crippen molar-refractivity contribution < 1.29 is 5.11 Å². The number of unbranched alkanes of at least 4 members (excludes halogenated alkanes) is 5. The predicted octanol–water partition coefficient (Wildman–Crippen LogP) is 2.32. The van der Waals surface area contributed by atoms with Crippen LogP contribution >= 0.6 is 0 Å². The second kappa shape index (κ2) is 11.9. The highest BCUT2D eigenvalue weighted by Crippen LogP contribution is 1.97. The minimum absolute atomic E-state index is 0.344. The van der Waals surface area contributed by atoms with E-state index in [2.05, 4.69) is 12.2 Å². The van der Waals surface area contributed by atoms with Crippen molar-refractivity contribution in [3.05, 3.63) is 0 Å². The second-order valence-corrected chi connectivity index (χ2v) is 3.59. The van der Waals surface area contributed by atoms with Gasteiger partial charge in [-0.05, 0) is 38.8 Å². The van der Waals surface area contributed by atoms with E-state index in [4.69, 9.17) is 5.11 Å². The monoisotopic (exact) mass is 187 g/mol. The molecule has 0 saturated heterocycles. The Kier molecular flexibility index (Phi) is 11.8. The third-order valence-corrected chi connectivity index (χ3v) is 2.22. The van der Waals surface area contributed by atoms with Crippen LogP contribution in [0.4, 0.5) is 0 Å². The van der Waals surface area contributed by atoms with Gasteiger partial charge in [0.1, 0.15) is 0 Å². The van der Waals surface area contributed by atoms with Crippen molar-refractivity contribution in [3.8, 4) is 0 Å². The van der Waals surface area contributed by atoms with Crippen molar-refractivity contribution in [2.24, 2.45) is 0 Å². The Labute approximate surface area is 82.7 Å². The van der Waals surface area contributed by atoms with Crippen molar-refractivity contribution in [2.75, 3.05) is 19.7 Å². The predicted molar refractivity (Wildman–Crippen MR) is 57.9 cm³/mol. The van der Waals surface area contributed by atoms with Crippen LogP contribution in [0, 0.1) is 0 Å². The van der Waals surface area contributed by atoms with Gasteiger partial charge >= 0.3 is 0 Å². The van der Waals surface area contributed by atoms with Gasteiger partial charge in [0.05, 0.1) is 0 Å². The Bertz CT molecular complexity index is 76.2. The van der Waals surface area contributed by atoms with Gasteiger partial charge in [-0.2, -0.15) is 0 Å². The summed E-state index contributed by atoms with van der Waals surface area (Å²) in [6.45, 7) is 4.87. The Morgan fingerprint density at radius 3 is 2.00 bits per heavy atom. The maximum atomic E-state index is 8.55. The van der Waals surface area contributed by atoms with E-state index in [0.29, 0.717) is 6.61 Å². The minimum Gasteiger partial charge on any atom is -0.396 e. The van der Waals surface area contributed by atoms with Crippen molar-refractivity contribution in [1.29, 1.82) is 0 Å². The van der Waals surface area contributed by atoms with Crippen molar-refractivity contribution >= 4 is 0 Å². The maximum absolute atomic E-state index is 8.55. The number of hydrogen-bond acceptors (Lipinski definition) is 2. The molecule has 2 N–H and O–H groups in total. The molecule has 0 heterocycles. The molecule has 0 aliphatic heterocycles. The average molecular weight is 187 g/mol. The molecule has 0 bridgehead atoms. The van der Waals surface area contributed by atoms with E-state index in [0.717, 1.165) is 19.4 Å². The smallest absolute Gasteiger partial charge is 0.0431 e. The number of aliphatic hydroxyl groups is 1. The van der Waals surface area contributed by atoms with E-state index in [1.807, 2.05) is 0 Å². The number of hydrogen-bond donors (Lipinski definition) is 2. The van der Waals surface area contributed by atoms with Crippen LogP contribution in [0.25, 0.3) is 0 Å². The van der Waals surface area contributed by atoms with Gasteiger partial charge in [-0.1, -0.05) is 26.2 Å². The summed E-state index contributed by atoms with van der Waals surface area (Å²) >= 11 is 0. The SMILES string of the molecule is CCCCCCNCCCCCO. The van der Waals surface area contributed by atoms with E-state index in [1.54, 1.807) is 0 Å². The Morgan fingerprint density at radius 1 is 0.846 bits per heavy atom. The summed E-state index contributed by atoms with van der Waals surface area (Å²) in [4.78, 5) is 0. The van der Waals surface area contributed by atoms with Gasteiger partial charge in [-0.3, -0.25) is 0 Å². The molecule has 0 saturated carbocycles. The summed E-state index contributed by atoms with van der Waals surface area (Å²) in [5, 5.41) is 12.0. The maximum Gasteiger partial charge on any atom is 0.0431 e. The topological polar surface area (TPSA) is 32.3 Å². The third-order valence-electron chi connectivity index (χ3n) is 2.22. The van der Waals surface area contributed by atoms with Gasteiger partial charge in [-0.25, -0.2) is 0 Å². The van der Waals surface area contributed by atoms with Crippen LogP contribution in [0.1, 0.15) is 51.9 Å². The molecule has 0 aromatic heterocycles. The molecule has 0 radical (unpaired) electrons. The summed E-state index contributed by atoms with van der Waals surface area (Å²) < 4.78 is 0. The number of aliphatic hydroxyl groups excluding tert-OH is 1. The molecule has 0 aromatic rings. The first-order valence-corrected chi connectivity index (χ1v) is 5.73. The highest BCUT2D eigenvalue weighted by atomic mass is 16.2. The zero-order chi connectivity index (χ0) is 9.78. The average Bonchev–Trinajstić information content (AvgIpc) is 2.16.